The Bertz CT molecular complexity index is 894. The van der Waals surface area contributed by atoms with Crippen molar-refractivity contribution in [2.45, 2.75) is 18.2 Å². The summed E-state index contributed by atoms with van der Waals surface area (Å²) in [5.74, 6) is -0.270. The predicted octanol–water partition coefficient (Wildman–Crippen LogP) is 2.93. The third-order valence-corrected chi connectivity index (χ3v) is 7.10. The van der Waals surface area contributed by atoms with Gasteiger partial charge in [-0.1, -0.05) is 13.0 Å². The fourth-order valence-corrected chi connectivity index (χ4v) is 4.91. The first-order valence-corrected chi connectivity index (χ1v) is 11.4. The average Bonchev–Trinajstić information content (AvgIpc) is 3.21. The first-order chi connectivity index (χ1) is 14.0. The second-order valence-corrected chi connectivity index (χ2v) is 9.18. The number of thiazole rings is 1. The number of anilines is 2. The van der Waals surface area contributed by atoms with Crippen LogP contribution >= 0.6 is 11.3 Å². The molecule has 0 bridgehead atoms. The number of carbonyl (C=O) groups excluding carboxylic acids is 1. The van der Waals surface area contributed by atoms with Crippen molar-refractivity contribution >= 4 is 39.0 Å². The Morgan fingerprint density at radius 3 is 2.86 bits per heavy atom. The summed E-state index contributed by atoms with van der Waals surface area (Å²) in [5.41, 5.74) is 1.21. The van der Waals surface area contributed by atoms with Gasteiger partial charge in [0, 0.05) is 43.4 Å². The number of likely N-dealkylation sites (N-methyl/N-ethyl adjacent to an activating group) is 1. The number of morpholine rings is 1. The van der Waals surface area contributed by atoms with Gasteiger partial charge in [0.05, 0.1) is 23.7 Å². The van der Waals surface area contributed by atoms with Crippen LogP contribution < -0.4 is 10.2 Å². The normalized spacial score (nSPS) is 15.7. The number of hydrogen-bond acceptors (Lipinski definition) is 6. The van der Waals surface area contributed by atoms with Gasteiger partial charge in [0.2, 0.25) is 0 Å². The number of aryl methyl sites for hydroxylation is 1. The molecule has 1 saturated heterocycles. The van der Waals surface area contributed by atoms with Crippen LogP contribution in [0.4, 0.5) is 10.8 Å². The molecule has 0 aliphatic carbocycles. The van der Waals surface area contributed by atoms with Gasteiger partial charge in [-0.3, -0.25) is 10.1 Å². The van der Waals surface area contributed by atoms with Gasteiger partial charge in [-0.25, -0.2) is 13.5 Å². The lowest BCUT2D eigenvalue weighted by Gasteiger charge is -2.26. The molecule has 9 heteroatoms. The third-order valence-electron chi connectivity index (χ3n) is 4.56. The molecule has 0 saturated carbocycles. The second kappa shape index (κ2) is 10.1. The zero-order chi connectivity index (χ0) is 20.8. The van der Waals surface area contributed by atoms with Crippen LogP contribution in [0, 0.1) is 0 Å². The number of hydrogen-bond donors (Lipinski definition) is 1. The largest absolute Gasteiger partial charge is 0.379 e. The van der Waals surface area contributed by atoms with Gasteiger partial charge in [0.1, 0.15) is 11.0 Å². The van der Waals surface area contributed by atoms with Crippen LogP contribution in [0.25, 0.3) is 0 Å². The highest BCUT2D eigenvalue weighted by molar-refractivity contribution is 7.82. The standard InChI is InChI=1S/C20H26N4O3S2/c1-4-8-23(3)18-7-6-16(29(26)24-9-11-27-12-10-24)13-17(18)19(25)22-20-21-14-15(5-2)28-20/h4,6-7,13-14H,1,5,8-12H2,2-3H3,(H,21,22,25). The number of nitrogens with one attached hydrogen (secondary N) is 1. The molecule has 1 atom stereocenters. The SMILES string of the molecule is C=CCN(C)c1ccc(S(=O)N2CCOCC2)cc1C(=O)Nc1ncc(CC)s1. The molecular formula is C20H26N4O3S2. The fraction of sp³-hybridized carbons (Fsp3) is 0.400. The first-order valence-electron chi connectivity index (χ1n) is 9.50. The molecule has 1 unspecified atom stereocenters. The highest BCUT2D eigenvalue weighted by Gasteiger charge is 2.22. The minimum Gasteiger partial charge on any atom is -0.379 e. The number of benzene rings is 1. The van der Waals surface area contributed by atoms with Crippen molar-refractivity contribution in [3.8, 4) is 0 Å². The molecule has 1 fully saturated rings. The lowest BCUT2D eigenvalue weighted by atomic mass is 10.1. The second-order valence-electron chi connectivity index (χ2n) is 6.58. The van der Waals surface area contributed by atoms with E-state index in [1.54, 1.807) is 18.3 Å². The topological polar surface area (TPSA) is 74.8 Å². The quantitative estimate of drug-likeness (QED) is 0.647. The third kappa shape index (κ3) is 5.30. The summed E-state index contributed by atoms with van der Waals surface area (Å²) in [6.07, 6.45) is 4.42. The van der Waals surface area contributed by atoms with Crippen molar-refractivity contribution in [1.82, 2.24) is 9.29 Å². The number of ether oxygens (including phenoxy) is 1. The first kappa shape index (κ1) is 21.6. The van der Waals surface area contributed by atoms with Gasteiger partial charge in [-0.15, -0.1) is 17.9 Å². The predicted molar refractivity (Wildman–Crippen MR) is 118 cm³/mol. The van der Waals surface area contributed by atoms with Crippen LogP contribution in [-0.4, -0.2) is 59.3 Å². The van der Waals surface area contributed by atoms with E-state index in [1.807, 2.05) is 35.3 Å². The lowest BCUT2D eigenvalue weighted by Crippen LogP contribution is -2.37. The van der Waals surface area contributed by atoms with E-state index in [0.717, 1.165) is 17.0 Å². The maximum absolute atomic E-state index is 13.1. The van der Waals surface area contributed by atoms with E-state index in [9.17, 15) is 9.00 Å². The molecule has 1 aromatic heterocycles. The highest BCUT2D eigenvalue weighted by Crippen LogP contribution is 2.26. The minimum atomic E-state index is -1.34. The van der Waals surface area contributed by atoms with E-state index in [4.69, 9.17) is 4.74 Å². The zero-order valence-corrected chi connectivity index (χ0v) is 18.4. The summed E-state index contributed by atoms with van der Waals surface area (Å²) in [5, 5.41) is 3.44. The van der Waals surface area contributed by atoms with Crippen LogP contribution in [-0.2, 0) is 22.1 Å². The molecule has 7 nitrogen and oxygen atoms in total. The Hall–Kier alpha value is -2.07. The lowest BCUT2D eigenvalue weighted by molar-refractivity contribution is 0.0752. The highest BCUT2D eigenvalue weighted by atomic mass is 32.2. The van der Waals surface area contributed by atoms with Crippen molar-refractivity contribution in [2.75, 3.05) is 50.1 Å². The number of amides is 1. The van der Waals surface area contributed by atoms with Gasteiger partial charge in [-0.2, -0.15) is 0 Å². The van der Waals surface area contributed by atoms with E-state index >= 15 is 0 Å². The fourth-order valence-electron chi connectivity index (χ4n) is 2.99. The van der Waals surface area contributed by atoms with Crippen LogP contribution in [0.15, 0.2) is 41.9 Å². The van der Waals surface area contributed by atoms with E-state index < -0.39 is 11.0 Å². The molecule has 1 aromatic carbocycles. The van der Waals surface area contributed by atoms with Gasteiger partial charge in [0.15, 0.2) is 5.13 Å². The van der Waals surface area contributed by atoms with Crippen LogP contribution in [0.1, 0.15) is 22.2 Å². The molecule has 1 amide bonds. The van der Waals surface area contributed by atoms with Gasteiger partial charge in [-0.05, 0) is 24.6 Å². The summed E-state index contributed by atoms with van der Waals surface area (Å²) in [6.45, 7) is 8.73. The molecule has 0 radical (unpaired) electrons. The van der Waals surface area contributed by atoms with Crippen LogP contribution in [0.5, 0.6) is 0 Å². The minimum absolute atomic E-state index is 0.270. The Morgan fingerprint density at radius 1 is 1.45 bits per heavy atom. The Kier molecular flexibility index (Phi) is 7.54. The Labute approximate surface area is 178 Å². The monoisotopic (exact) mass is 434 g/mol. The van der Waals surface area contributed by atoms with E-state index in [2.05, 4.69) is 16.9 Å². The molecule has 3 rings (SSSR count). The van der Waals surface area contributed by atoms with Crippen LogP contribution in [0.2, 0.25) is 0 Å². The molecule has 1 aliphatic heterocycles. The smallest absolute Gasteiger partial charge is 0.259 e. The van der Waals surface area contributed by atoms with Crippen molar-refractivity contribution in [3.63, 3.8) is 0 Å². The molecule has 2 heterocycles. The molecule has 2 aromatic rings. The van der Waals surface area contributed by atoms with Gasteiger partial charge in [0.25, 0.3) is 5.91 Å². The maximum atomic E-state index is 13.1. The number of carbonyl (C=O) groups is 1. The van der Waals surface area contributed by atoms with Gasteiger partial charge < -0.3 is 9.64 Å². The summed E-state index contributed by atoms with van der Waals surface area (Å²) >= 11 is 1.46. The van der Waals surface area contributed by atoms with Gasteiger partial charge >= 0.3 is 0 Å². The van der Waals surface area contributed by atoms with Crippen molar-refractivity contribution in [2.24, 2.45) is 0 Å². The van der Waals surface area contributed by atoms with Crippen molar-refractivity contribution in [1.29, 1.82) is 0 Å². The molecular weight excluding hydrogens is 408 g/mol. The van der Waals surface area contributed by atoms with E-state index in [-0.39, 0.29) is 5.91 Å². The number of nitrogens with zero attached hydrogens (tertiary/aromatic N) is 3. The Morgan fingerprint density at radius 2 is 2.21 bits per heavy atom. The molecule has 1 N–H and O–H groups in total. The summed E-state index contributed by atoms with van der Waals surface area (Å²) in [4.78, 5) is 21.0. The van der Waals surface area contributed by atoms with E-state index in [0.29, 0.717) is 48.4 Å². The number of aromatic nitrogens is 1. The Balaban J connectivity index is 1.90. The van der Waals surface area contributed by atoms with E-state index in [1.165, 1.54) is 11.3 Å². The average molecular weight is 435 g/mol. The van der Waals surface area contributed by atoms with Crippen molar-refractivity contribution in [3.05, 3.63) is 47.5 Å². The number of rotatable bonds is 8. The molecule has 0 spiro atoms. The van der Waals surface area contributed by atoms with Crippen molar-refractivity contribution < 1.29 is 13.7 Å². The molecule has 29 heavy (non-hydrogen) atoms. The molecule has 1 aliphatic rings. The summed E-state index contributed by atoms with van der Waals surface area (Å²) in [6, 6.07) is 5.37. The molecule has 156 valence electrons. The maximum Gasteiger partial charge on any atom is 0.259 e. The summed E-state index contributed by atoms with van der Waals surface area (Å²) < 4.78 is 20.2. The zero-order valence-electron chi connectivity index (χ0n) is 16.7. The summed E-state index contributed by atoms with van der Waals surface area (Å²) in [7, 11) is 0.550. The van der Waals surface area contributed by atoms with Crippen LogP contribution in [0.3, 0.4) is 0 Å².